The maximum atomic E-state index is 11.2. The first-order chi connectivity index (χ1) is 12.4. The Morgan fingerprint density at radius 1 is 1.31 bits per heavy atom. The number of aliphatic hydroxyl groups is 1. The summed E-state index contributed by atoms with van der Waals surface area (Å²) in [6.45, 7) is 7.44. The summed E-state index contributed by atoms with van der Waals surface area (Å²) in [5.41, 5.74) is 0.629. The Hall–Kier alpha value is -1.76. The van der Waals surface area contributed by atoms with Crippen molar-refractivity contribution >= 4 is 16.7 Å². The highest BCUT2D eigenvalue weighted by molar-refractivity contribution is 5.80. The summed E-state index contributed by atoms with van der Waals surface area (Å²) in [6.07, 6.45) is 3.82. The molecule has 0 aliphatic carbocycles. The fourth-order valence-electron chi connectivity index (χ4n) is 3.94. The summed E-state index contributed by atoms with van der Waals surface area (Å²) >= 11 is 0. The number of nitrogens with one attached hydrogen (secondary N) is 1. The third kappa shape index (κ3) is 3.29. The van der Waals surface area contributed by atoms with E-state index in [2.05, 4.69) is 29.2 Å². The second-order valence-electron chi connectivity index (χ2n) is 8.36. The van der Waals surface area contributed by atoms with Crippen molar-refractivity contribution in [2.24, 2.45) is 5.92 Å². The first-order valence-electron chi connectivity index (χ1n) is 9.40. The molecule has 4 heterocycles. The van der Waals surface area contributed by atoms with Gasteiger partial charge in [0.15, 0.2) is 0 Å². The molecule has 0 bridgehead atoms. The van der Waals surface area contributed by atoms with Crippen molar-refractivity contribution in [3.05, 3.63) is 30.1 Å². The molecule has 2 aliphatic rings. The number of anilines is 1. The molecule has 6 nitrogen and oxygen atoms in total. The monoisotopic (exact) mass is 356 g/mol. The Labute approximate surface area is 154 Å². The van der Waals surface area contributed by atoms with Gasteiger partial charge in [0.1, 0.15) is 11.4 Å². The standard InChI is InChI=1S/C20H28N4O2/c1-19(12-26-13-19)23-18-10-16-14(11-21-18)4-5-17(22-16)20(2,25)15-6-8-24(3)9-7-15/h4-5,10-11,15,25H,6-9,12-13H2,1-3H3,(H,21,23). The Kier molecular flexibility index (Phi) is 4.37. The molecule has 6 heteroatoms. The average Bonchev–Trinajstić information content (AvgIpc) is 2.60. The van der Waals surface area contributed by atoms with Crippen LogP contribution in [0.2, 0.25) is 0 Å². The lowest BCUT2D eigenvalue weighted by Gasteiger charge is -2.39. The third-order valence-electron chi connectivity index (χ3n) is 5.88. The highest BCUT2D eigenvalue weighted by Gasteiger charge is 2.37. The summed E-state index contributed by atoms with van der Waals surface area (Å²) < 4.78 is 5.29. The number of pyridine rings is 2. The molecular formula is C20H28N4O2. The van der Waals surface area contributed by atoms with E-state index in [9.17, 15) is 5.11 Å². The molecule has 2 aromatic heterocycles. The van der Waals surface area contributed by atoms with Crippen molar-refractivity contribution < 1.29 is 9.84 Å². The van der Waals surface area contributed by atoms with Crippen molar-refractivity contribution in [2.45, 2.75) is 37.8 Å². The zero-order chi connectivity index (χ0) is 18.4. The van der Waals surface area contributed by atoms with E-state index in [1.165, 1.54) is 0 Å². The average molecular weight is 356 g/mol. The van der Waals surface area contributed by atoms with Crippen LogP contribution < -0.4 is 5.32 Å². The third-order valence-corrected chi connectivity index (χ3v) is 5.88. The van der Waals surface area contributed by atoms with Gasteiger partial charge in [-0.15, -0.1) is 0 Å². The zero-order valence-corrected chi connectivity index (χ0v) is 15.8. The van der Waals surface area contributed by atoms with Crippen LogP contribution in [0.1, 0.15) is 32.4 Å². The summed E-state index contributed by atoms with van der Waals surface area (Å²) in [5, 5.41) is 15.6. The van der Waals surface area contributed by atoms with E-state index in [4.69, 9.17) is 9.72 Å². The Balaban J connectivity index is 1.61. The summed E-state index contributed by atoms with van der Waals surface area (Å²) in [6, 6.07) is 5.91. The maximum Gasteiger partial charge on any atom is 0.128 e. The van der Waals surface area contributed by atoms with Crippen molar-refractivity contribution in [3.8, 4) is 0 Å². The van der Waals surface area contributed by atoms with E-state index in [1.54, 1.807) is 0 Å². The second kappa shape index (κ2) is 6.44. The summed E-state index contributed by atoms with van der Waals surface area (Å²) in [7, 11) is 2.13. The molecule has 140 valence electrons. The predicted octanol–water partition coefficient (Wildman–Crippen LogP) is 2.38. The SMILES string of the molecule is CN1CCC(C(C)(O)c2ccc3cnc(NC4(C)COC4)cc3n2)CC1. The molecule has 0 amide bonds. The van der Waals surface area contributed by atoms with Crippen LogP contribution >= 0.6 is 0 Å². The van der Waals surface area contributed by atoms with Gasteiger partial charge in [0, 0.05) is 17.6 Å². The molecule has 1 atom stereocenters. The van der Waals surface area contributed by atoms with Crippen LogP contribution in [0.5, 0.6) is 0 Å². The lowest BCUT2D eigenvalue weighted by atomic mass is 9.79. The first-order valence-corrected chi connectivity index (χ1v) is 9.40. The highest BCUT2D eigenvalue weighted by atomic mass is 16.5. The Bertz CT molecular complexity index is 795. The van der Waals surface area contributed by atoms with Crippen molar-refractivity contribution in [2.75, 3.05) is 38.7 Å². The first kappa shape index (κ1) is 17.6. The van der Waals surface area contributed by atoms with Gasteiger partial charge in [0.25, 0.3) is 0 Å². The van der Waals surface area contributed by atoms with Crippen LogP contribution in [-0.2, 0) is 10.3 Å². The zero-order valence-electron chi connectivity index (χ0n) is 15.8. The highest BCUT2D eigenvalue weighted by Crippen LogP contribution is 2.36. The molecule has 2 aromatic rings. The minimum atomic E-state index is -0.917. The molecule has 1 unspecified atom stereocenters. The topological polar surface area (TPSA) is 70.5 Å². The number of rotatable bonds is 4. The molecule has 4 rings (SSSR count). The van der Waals surface area contributed by atoms with E-state index in [0.29, 0.717) is 13.2 Å². The number of hydrogen-bond acceptors (Lipinski definition) is 6. The van der Waals surface area contributed by atoms with Crippen LogP contribution in [0.15, 0.2) is 24.4 Å². The van der Waals surface area contributed by atoms with E-state index >= 15 is 0 Å². The van der Waals surface area contributed by atoms with Crippen molar-refractivity contribution in [1.82, 2.24) is 14.9 Å². The van der Waals surface area contributed by atoms with Crippen LogP contribution in [0.4, 0.5) is 5.82 Å². The van der Waals surface area contributed by atoms with Gasteiger partial charge in [-0.3, -0.25) is 0 Å². The number of likely N-dealkylation sites (tertiary alicyclic amines) is 1. The summed E-state index contributed by atoms with van der Waals surface area (Å²) in [4.78, 5) is 11.6. The van der Waals surface area contributed by atoms with Crippen molar-refractivity contribution in [3.63, 3.8) is 0 Å². The molecule has 0 spiro atoms. The largest absolute Gasteiger partial charge is 0.384 e. The number of aromatic nitrogens is 2. The lowest BCUT2D eigenvalue weighted by molar-refractivity contribution is -0.0334. The molecule has 0 radical (unpaired) electrons. The van der Waals surface area contributed by atoms with E-state index < -0.39 is 5.60 Å². The number of ether oxygens (including phenoxy) is 1. The second-order valence-corrected chi connectivity index (χ2v) is 8.36. The van der Waals surface area contributed by atoms with Gasteiger partial charge >= 0.3 is 0 Å². The molecule has 0 aromatic carbocycles. The fraction of sp³-hybridized carbons (Fsp3) is 0.600. The van der Waals surface area contributed by atoms with Gasteiger partial charge in [0.2, 0.25) is 0 Å². The Morgan fingerprint density at radius 3 is 2.69 bits per heavy atom. The van der Waals surface area contributed by atoms with Crippen LogP contribution in [0, 0.1) is 5.92 Å². The molecular weight excluding hydrogens is 328 g/mol. The van der Waals surface area contributed by atoms with Crippen LogP contribution in [0.25, 0.3) is 10.9 Å². The minimum Gasteiger partial charge on any atom is -0.384 e. The molecule has 0 saturated carbocycles. The fourth-order valence-corrected chi connectivity index (χ4v) is 3.94. The van der Waals surface area contributed by atoms with Crippen LogP contribution in [-0.4, -0.2) is 58.9 Å². The van der Waals surface area contributed by atoms with Gasteiger partial charge in [-0.1, -0.05) is 0 Å². The number of piperidine rings is 1. The van der Waals surface area contributed by atoms with E-state index in [0.717, 1.165) is 48.3 Å². The molecule has 2 aliphatic heterocycles. The van der Waals surface area contributed by atoms with Crippen LogP contribution in [0.3, 0.4) is 0 Å². The van der Waals surface area contributed by atoms with Gasteiger partial charge in [-0.25, -0.2) is 9.97 Å². The maximum absolute atomic E-state index is 11.2. The Morgan fingerprint density at radius 2 is 2.04 bits per heavy atom. The van der Waals surface area contributed by atoms with E-state index in [-0.39, 0.29) is 11.5 Å². The van der Waals surface area contributed by atoms with Gasteiger partial charge < -0.3 is 20.1 Å². The number of nitrogens with zero attached hydrogens (tertiary/aromatic N) is 3. The van der Waals surface area contributed by atoms with Gasteiger partial charge in [0.05, 0.1) is 30.0 Å². The molecule has 2 saturated heterocycles. The normalized spacial score (nSPS) is 23.4. The number of fused-ring (bicyclic) bond motifs is 1. The smallest absolute Gasteiger partial charge is 0.128 e. The van der Waals surface area contributed by atoms with Gasteiger partial charge in [-0.05, 0) is 64.9 Å². The number of hydrogen-bond donors (Lipinski definition) is 2. The van der Waals surface area contributed by atoms with E-state index in [1.807, 2.05) is 31.3 Å². The summed E-state index contributed by atoms with van der Waals surface area (Å²) in [5.74, 6) is 1.03. The molecule has 26 heavy (non-hydrogen) atoms. The van der Waals surface area contributed by atoms with Gasteiger partial charge in [-0.2, -0.15) is 0 Å². The molecule has 2 fully saturated rings. The quantitative estimate of drug-likeness (QED) is 0.876. The molecule has 2 N–H and O–H groups in total. The minimum absolute atomic E-state index is 0.0576. The van der Waals surface area contributed by atoms with Crippen molar-refractivity contribution in [1.29, 1.82) is 0 Å². The predicted molar refractivity (Wildman–Crippen MR) is 102 cm³/mol. The lowest BCUT2D eigenvalue weighted by Crippen LogP contribution is -2.53.